The quantitative estimate of drug-likeness (QED) is 0.388. The average molecular weight is 386 g/mol. The van der Waals surface area contributed by atoms with E-state index in [-0.39, 0.29) is 0 Å². The van der Waals surface area contributed by atoms with Crippen molar-refractivity contribution in [2.45, 2.75) is 52.4 Å². The van der Waals surface area contributed by atoms with Crippen molar-refractivity contribution in [3.8, 4) is 25.6 Å². The summed E-state index contributed by atoms with van der Waals surface area (Å²) >= 11 is 5.37. The number of aryl methyl sites for hydroxylation is 2. The summed E-state index contributed by atoms with van der Waals surface area (Å²) in [6.07, 6.45) is 7.08. The molecule has 0 saturated carbocycles. The molecule has 0 aliphatic heterocycles. The lowest BCUT2D eigenvalue weighted by atomic mass is 10.1. The van der Waals surface area contributed by atoms with Crippen LogP contribution >= 0.6 is 34.0 Å². The van der Waals surface area contributed by atoms with Gasteiger partial charge in [0.05, 0.1) is 0 Å². The number of hydrogen-bond acceptors (Lipinski definition) is 4. The van der Waals surface area contributed by atoms with Crippen LogP contribution in [0.2, 0.25) is 0 Å². The van der Waals surface area contributed by atoms with Crippen LogP contribution in [-0.4, -0.2) is 0 Å². The fourth-order valence-corrected chi connectivity index (χ4v) is 6.22. The third kappa shape index (κ3) is 4.23. The van der Waals surface area contributed by atoms with Crippen molar-refractivity contribution >= 4 is 34.0 Å². The van der Waals surface area contributed by atoms with Gasteiger partial charge in [-0.3, -0.25) is 0 Å². The molecule has 4 heteroatoms. The highest BCUT2D eigenvalue weighted by Crippen LogP contribution is 2.42. The van der Waals surface area contributed by atoms with Crippen molar-refractivity contribution in [2.75, 3.05) is 0 Å². The molecular weight excluding hydrogens is 362 g/mol. The third-order valence-corrected chi connectivity index (χ3v) is 7.80. The summed E-state index contributed by atoms with van der Waals surface area (Å²) < 4.78 is 0. The molecule has 0 spiro atoms. The molecule has 0 N–H and O–H groups in total. The molecule has 0 radical (unpaired) electrons. The Kier molecular flexibility index (Phi) is 6.47. The van der Waals surface area contributed by atoms with Gasteiger partial charge in [-0.2, -0.15) is 5.26 Å². The Labute approximate surface area is 162 Å². The van der Waals surface area contributed by atoms with E-state index in [1.165, 1.54) is 62.7 Å². The predicted octanol–water partition coefficient (Wildman–Crippen LogP) is 7.76. The van der Waals surface area contributed by atoms with Gasteiger partial charge < -0.3 is 0 Å². The van der Waals surface area contributed by atoms with Gasteiger partial charge >= 0.3 is 0 Å². The van der Waals surface area contributed by atoms with Gasteiger partial charge in [-0.25, -0.2) is 0 Å². The second-order valence-corrected chi connectivity index (χ2v) is 9.27. The number of nitriles is 1. The molecule has 3 aromatic heterocycles. The zero-order chi connectivity index (χ0) is 17.6. The minimum Gasteiger partial charge on any atom is -0.192 e. The van der Waals surface area contributed by atoms with E-state index in [4.69, 9.17) is 0 Å². The Morgan fingerprint density at radius 3 is 2.24 bits per heavy atom. The highest BCUT2D eigenvalue weighted by atomic mass is 32.1. The molecule has 3 rings (SSSR count). The van der Waals surface area contributed by atoms with Crippen molar-refractivity contribution in [3.63, 3.8) is 0 Å². The van der Waals surface area contributed by atoms with Crippen molar-refractivity contribution in [2.24, 2.45) is 0 Å². The third-order valence-electron chi connectivity index (χ3n) is 4.32. The maximum atomic E-state index is 9.29. The minimum absolute atomic E-state index is 0.829. The first-order valence-corrected chi connectivity index (χ1v) is 11.5. The van der Waals surface area contributed by atoms with Crippen molar-refractivity contribution in [1.29, 1.82) is 5.26 Å². The smallest absolute Gasteiger partial charge is 0.110 e. The van der Waals surface area contributed by atoms with Gasteiger partial charge in [0.15, 0.2) is 0 Å². The SMILES string of the molecule is CCCCc1ccsc1-c1ccc(-c2sc(C#N)cc2CCCC)s1. The van der Waals surface area contributed by atoms with E-state index >= 15 is 0 Å². The Bertz CT molecular complexity index is 860. The molecular formula is C21H23NS3. The topological polar surface area (TPSA) is 23.8 Å². The maximum Gasteiger partial charge on any atom is 0.110 e. The monoisotopic (exact) mass is 385 g/mol. The summed E-state index contributed by atoms with van der Waals surface area (Å²) in [6, 6.07) is 11.2. The largest absolute Gasteiger partial charge is 0.192 e. The number of hydrogen-bond donors (Lipinski definition) is 0. The fraction of sp³-hybridized carbons (Fsp3) is 0.381. The first-order chi connectivity index (χ1) is 12.3. The molecule has 130 valence electrons. The molecule has 3 heterocycles. The predicted molar refractivity (Wildman–Crippen MR) is 113 cm³/mol. The molecule has 0 aromatic carbocycles. The van der Waals surface area contributed by atoms with Crippen LogP contribution in [-0.2, 0) is 12.8 Å². The standard InChI is InChI=1S/C21H23NS3/c1-3-5-7-15-11-12-23-20(15)18-9-10-19(25-18)21-16(8-6-4-2)13-17(14-22)24-21/h9-13H,3-8H2,1-2H3. The van der Waals surface area contributed by atoms with E-state index in [9.17, 15) is 5.26 Å². The minimum atomic E-state index is 0.829. The molecule has 0 amide bonds. The first-order valence-electron chi connectivity index (χ1n) is 8.96. The normalized spacial score (nSPS) is 10.9. The van der Waals surface area contributed by atoms with Crippen LogP contribution in [0.3, 0.4) is 0 Å². The van der Waals surface area contributed by atoms with E-state index in [1.807, 2.05) is 22.7 Å². The lowest BCUT2D eigenvalue weighted by Gasteiger charge is -2.01. The van der Waals surface area contributed by atoms with Gasteiger partial charge in [0.25, 0.3) is 0 Å². The van der Waals surface area contributed by atoms with Crippen LogP contribution in [0.4, 0.5) is 0 Å². The molecule has 0 fully saturated rings. The maximum absolute atomic E-state index is 9.29. The first kappa shape index (κ1) is 18.4. The van der Waals surface area contributed by atoms with Crippen LogP contribution in [0.5, 0.6) is 0 Å². The van der Waals surface area contributed by atoms with Gasteiger partial charge in [0, 0.05) is 19.5 Å². The highest BCUT2D eigenvalue weighted by molar-refractivity contribution is 7.26. The second-order valence-electron chi connectivity index (χ2n) is 6.22. The summed E-state index contributed by atoms with van der Waals surface area (Å²) in [5.41, 5.74) is 2.82. The Morgan fingerprint density at radius 1 is 0.880 bits per heavy atom. The van der Waals surface area contributed by atoms with E-state index in [0.717, 1.165) is 11.3 Å². The van der Waals surface area contributed by atoms with E-state index < -0.39 is 0 Å². The molecule has 25 heavy (non-hydrogen) atoms. The molecule has 0 saturated heterocycles. The van der Waals surface area contributed by atoms with Crippen LogP contribution < -0.4 is 0 Å². The second kappa shape index (κ2) is 8.80. The Balaban J connectivity index is 1.91. The summed E-state index contributed by atoms with van der Waals surface area (Å²) in [6.45, 7) is 4.46. The summed E-state index contributed by atoms with van der Waals surface area (Å²) in [7, 11) is 0. The van der Waals surface area contributed by atoms with Crippen LogP contribution in [0.25, 0.3) is 19.5 Å². The number of nitrogens with zero attached hydrogens (tertiary/aromatic N) is 1. The van der Waals surface area contributed by atoms with Crippen LogP contribution in [0.15, 0.2) is 29.6 Å². The van der Waals surface area contributed by atoms with Gasteiger partial charge in [-0.1, -0.05) is 26.7 Å². The molecule has 0 unspecified atom stereocenters. The van der Waals surface area contributed by atoms with Crippen LogP contribution in [0.1, 0.15) is 55.5 Å². The van der Waals surface area contributed by atoms with Crippen LogP contribution in [0, 0.1) is 11.3 Å². The summed E-state index contributed by atoms with van der Waals surface area (Å²) in [4.78, 5) is 6.23. The zero-order valence-electron chi connectivity index (χ0n) is 14.8. The van der Waals surface area contributed by atoms with E-state index in [0.29, 0.717) is 0 Å². The molecule has 0 aliphatic carbocycles. The molecule has 3 aromatic rings. The summed E-state index contributed by atoms with van der Waals surface area (Å²) in [5.74, 6) is 0. The number of unbranched alkanes of at least 4 members (excludes halogenated alkanes) is 2. The van der Waals surface area contributed by atoms with Crippen molar-refractivity contribution in [1.82, 2.24) is 0 Å². The number of thiophene rings is 3. The number of rotatable bonds is 8. The van der Waals surface area contributed by atoms with Gasteiger partial charge in [0.2, 0.25) is 0 Å². The van der Waals surface area contributed by atoms with Gasteiger partial charge in [-0.05, 0) is 66.5 Å². The van der Waals surface area contributed by atoms with E-state index in [1.54, 1.807) is 11.3 Å². The Hall–Kier alpha value is -1.41. The van der Waals surface area contributed by atoms with E-state index in [2.05, 4.69) is 49.6 Å². The Morgan fingerprint density at radius 2 is 1.56 bits per heavy atom. The summed E-state index contributed by atoms with van der Waals surface area (Å²) in [5, 5.41) is 11.5. The fourth-order valence-electron chi connectivity index (χ4n) is 2.94. The average Bonchev–Trinajstić information content (AvgIpc) is 3.35. The molecule has 0 bridgehead atoms. The van der Waals surface area contributed by atoms with Gasteiger partial charge in [0.1, 0.15) is 10.9 Å². The zero-order valence-corrected chi connectivity index (χ0v) is 17.3. The van der Waals surface area contributed by atoms with Gasteiger partial charge in [-0.15, -0.1) is 34.0 Å². The lowest BCUT2D eigenvalue weighted by molar-refractivity contribution is 0.798. The van der Waals surface area contributed by atoms with Crippen molar-refractivity contribution < 1.29 is 0 Å². The molecule has 1 nitrogen and oxygen atoms in total. The lowest BCUT2D eigenvalue weighted by Crippen LogP contribution is -1.83. The highest BCUT2D eigenvalue weighted by Gasteiger charge is 2.15. The van der Waals surface area contributed by atoms with Crippen molar-refractivity contribution in [3.05, 3.63) is 45.6 Å². The molecule has 0 atom stereocenters. The molecule has 0 aliphatic rings.